The summed E-state index contributed by atoms with van der Waals surface area (Å²) in [6, 6.07) is 10.7. The molecule has 0 radical (unpaired) electrons. The molecule has 2 aromatic carbocycles. The first-order chi connectivity index (χ1) is 17.0. The predicted octanol–water partition coefficient (Wildman–Crippen LogP) is 4.81. The van der Waals surface area contributed by atoms with Gasteiger partial charge in [0.25, 0.3) is 0 Å². The largest absolute Gasteiger partial charge is 0.493 e. The number of carbonyl (C=O) groups excluding carboxylic acids is 1. The van der Waals surface area contributed by atoms with E-state index >= 15 is 0 Å². The van der Waals surface area contributed by atoms with Crippen LogP contribution in [-0.2, 0) is 11.2 Å². The molecule has 2 heterocycles. The van der Waals surface area contributed by atoms with Crippen LogP contribution in [0.25, 0.3) is 11.0 Å². The molecule has 1 fully saturated rings. The fraction of sp³-hybridized carbons (Fsp3) is 0.429. The monoisotopic (exact) mass is 477 g/mol. The van der Waals surface area contributed by atoms with Crippen LogP contribution < -0.4 is 19.8 Å². The molecule has 3 aromatic rings. The van der Waals surface area contributed by atoms with Gasteiger partial charge >= 0.3 is 5.63 Å². The lowest BCUT2D eigenvalue weighted by Gasteiger charge is -2.39. The number of benzene rings is 2. The summed E-state index contributed by atoms with van der Waals surface area (Å²) in [6.45, 7) is 2.80. The molecule has 0 bridgehead atoms. The number of ether oxygens (including phenoxy) is 3. The fourth-order valence-electron chi connectivity index (χ4n) is 5.45. The molecular formula is C28H31NO6. The van der Waals surface area contributed by atoms with Gasteiger partial charge in [0, 0.05) is 30.0 Å². The molecular weight excluding hydrogens is 446 g/mol. The van der Waals surface area contributed by atoms with Gasteiger partial charge in [0.15, 0.2) is 11.5 Å². The number of carbonyl (C=O) groups is 1. The first-order valence-corrected chi connectivity index (χ1v) is 12.2. The summed E-state index contributed by atoms with van der Waals surface area (Å²) >= 11 is 0. The summed E-state index contributed by atoms with van der Waals surface area (Å²) in [5.41, 5.74) is 3.11. The molecule has 1 aliphatic carbocycles. The molecule has 1 aliphatic heterocycles. The lowest BCUT2D eigenvalue weighted by Crippen LogP contribution is -2.44. The van der Waals surface area contributed by atoms with Crippen LogP contribution >= 0.6 is 0 Å². The molecule has 7 nitrogen and oxygen atoms in total. The minimum absolute atomic E-state index is 0.0807. The molecule has 0 N–H and O–H groups in total. The van der Waals surface area contributed by atoms with E-state index in [4.69, 9.17) is 18.6 Å². The SMILES string of the molecule is COc1cc2c(cc1OC)[C@H](COc1ccc3c(C)cc(=O)oc3c1)N(C(=O)C1CCCC1)CC2. The fourth-order valence-corrected chi connectivity index (χ4v) is 5.45. The first-order valence-electron chi connectivity index (χ1n) is 12.2. The van der Waals surface area contributed by atoms with Crippen LogP contribution in [0.5, 0.6) is 17.2 Å². The smallest absolute Gasteiger partial charge is 0.336 e. The second-order valence-corrected chi connectivity index (χ2v) is 9.40. The van der Waals surface area contributed by atoms with Crippen LogP contribution in [-0.4, -0.2) is 38.2 Å². The molecule has 0 spiro atoms. The van der Waals surface area contributed by atoms with Crippen molar-refractivity contribution in [3.63, 3.8) is 0 Å². The molecule has 1 atom stereocenters. The molecule has 1 aromatic heterocycles. The van der Waals surface area contributed by atoms with E-state index in [1.165, 1.54) is 6.07 Å². The van der Waals surface area contributed by atoms with E-state index in [0.717, 1.165) is 54.2 Å². The highest BCUT2D eigenvalue weighted by Gasteiger charge is 2.36. The molecule has 0 saturated heterocycles. The van der Waals surface area contributed by atoms with Gasteiger partial charge in [-0.1, -0.05) is 12.8 Å². The quantitative estimate of drug-likeness (QED) is 0.474. The van der Waals surface area contributed by atoms with Crippen LogP contribution in [0.1, 0.15) is 48.4 Å². The van der Waals surface area contributed by atoms with Crippen LogP contribution in [0.2, 0.25) is 0 Å². The summed E-state index contributed by atoms with van der Waals surface area (Å²) in [5.74, 6) is 2.19. The maximum atomic E-state index is 13.5. The number of aryl methyl sites for hydroxylation is 1. The Morgan fingerprint density at radius 3 is 2.54 bits per heavy atom. The number of nitrogens with zero attached hydrogens (tertiary/aromatic N) is 1. The second kappa shape index (κ2) is 9.64. The van der Waals surface area contributed by atoms with E-state index in [9.17, 15) is 9.59 Å². The highest BCUT2D eigenvalue weighted by atomic mass is 16.5. The minimum Gasteiger partial charge on any atom is -0.493 e. The zero-order valence-electron chi connectivity index (χ0n) is 20.5. The third kappa shape index (κ3) is 4.47. The summed E-state index contributed by atoms with van der Waals surface area (Å²) in [5, 5.41) is 0.870. The van der Waals surface area contributed by atoms with Gasteiger partial charge in [-0.15, -0.1) is 0 Å². The maximum Gasteiger partial charge on any atom is 0.336 e. The van der Waals surface area contributed by atoms with Crippen molar-refractivity contribution < 1.29 is 23.4 Å². The van der Waals surface area contributed by atoms with E-state index in [-0.39, 0.29) is 30.1 Å². The van der Waals surface area contributed by atoms with Crippen molar-refractivity contribution in [1.82, 2.24) is 4.90 Å². The van der Waals surface area contributed by atoms with Gasteiger partial charge in [0.2, 0.25) is 5.91 Å². The van der Waals surface area contributed by atoms with Gasteiger partial charge in [0.1, 0.15) is 17.9 Å². The molecule has 2 aliphatic rings. The van der Waals surface area contributed by atoms with Gasteiger partial charge in [-0.25, -0.2) is 4.79 Å². The summed E-state index contributed by atoms with van der Waals surface area (Å²) in [4.78, 5) is 27.3. The topological polar surface area (TPSA) is 78.2 Å². The van der Waals surface area contributed by atoms with Crippen LogP contribution in [0, 0.1) is 12.8 Å². The van der Waals surface area contributed by atoms with Crippen molar-refractivity contribution >= 4 is 16.9 Å². The second-order valence-electron chi connectivity index (χ2n) is 9.40. The summed E-state index contributed by atoms with van der Waals surface area (Å²) in [7, 11) is 3.24. The number of hydrogen-bond donors (Lipinski definition) is 0. The van der Waals surface area contributed by atoms with Crippen molar-refractivity contribution in [2.75, 3.05) is 27.4 Å². The van der Waals surface area contributed by atoms with Gasteiger partial charge in [-0.2, -0.15) is 0 Å². The van der Waals surface area contributed by atoms with E-state index in [2.05, 4.69) is 0 Å². The van der Waals surface area contributed by atoms with Crippen molar-refractivity contribution in [1.29, 1.82) is 0 Å². The van der Waals surface area contributed by atoms with Gasteiger partial charge in [-0.05, 0) is 67.1 Å². The van der Waals surface area contributed by atoms with Gasteiger partial charge < -0.3 is 23.5 Å². The number of amides is 1. The zero-order valence-corrected chi connectivity index (χ0v) is 20.5. The summed E-state index contributed by atoms with van der Waals surface area (Å²) in [6.07, 6.45) is 4.87. The standard InChI is InChI=1S/C28H31NO6/c1-17-12-27(30)35-24-14-20(8-9-21(17)24)34-16-23-22-15-26(33-3)25(32-2)13-19(22)10-11-29(23)28(31)18-6-4-5-7-18/h8-9,12-15,18,23H,4-7,10-11,16H2,1-3H3/t23-/m0/s1. The number of fused-ring (bicyclic) bond motifs is 2. The van der Waals surface area contributed by atoms with E-state index in [1.54, 1.807) is 20.3 Å². The number of methoxy groups -OCH3 is 2. The minimum atomic E-state index is -0.386. The Morgan fingerprint density at radius 1 is 1.06 bits per heavy atom. The highest BCUT2D eigenvalue weighted by Crippen LogP contribution is 2.40. The Hall–Kier alpha value is -3.48. The van der Waals surface area contributed by atoms with Gasteiger partial charge in [-0.3, -0.25) is 4.79 Å². The number of rotatable bonds is 6. The molecule has 7 heteroatoms. The van der Waals surface area contributed by atoms with Gasteiger partial charge in [0.05, 0.1) is 20.3 Å². The van der Waals surface area contributed by atoms with Crippen LogP contribution in [0.3, 0.4) is 0 Å². The first kappa shape index (κ1) is 23.3. The van der Waals surface area contributed by atoms with Crippen LogP contribution in [0.15, 0.2) is 45.6 Å². The van der Waals surface area contributed by atoms with E-state index in [0.29, 0.717) is 29.4 Å². The van der Waals surface area contributed by atoms with Crippen molar-refractivity contribution in [3.8, 4) is 17.2 Å². The van der Waals surface area contributed by atoms with E-state index < -0.39 is 0 Å². The molecule has 1 saturated carbocycles. The Labute approximate surface area is 204 Å². The Kier molecular flexibility index (Phi) is 6.41. The Morgan fingerprint density at radius 2 is 1.80 bits per heavy atom. The molecule has 35 heavy (non-hydrogen) atoms. The molecule has 0 unspecified atom stereocenters. The lowest BCUT2D eigenvalue weighted by atomic mass is 9.90. The maximum absolute atomic E-state index is 13.5. The van der Waals surface area contributed by atoms with Crippen molar-refractivity contribution in [2.45, 2.75) is 45.1 Å². The molecule has 5 rings (SSSR count). The Balaban J connectivity index is 1.48. The highest BCUT2D eigenvalue weighted by molar-refractivity contribution is 5.81. The molecule has 184 valence electrons. The normalized spacial score (nSPS) is 17.9. The van der Waals surface area contributed by atoms with E-state index in [1.807, 2.05) is 36.1 Å². The third-order valence-corrected chi connectivity index (χ3v) is 7.32. The Bertz CT molecular complexity index is 1310. The zero-order chi connectivity index (χ0) is 24.5. The average Bonchev–Trinajstić information content (AvgIpc) is 3.40. The molecule has 1 amide bonds. The third-order valence-electron chi connectivity index (χ3n) is 7.32. The predicted molar refractivity (Wildman–Crippen MR) is 132 cm³/mol. The van der Waals surface area contributed by atoms with Crippen molar-refractivity contribution in [2.24, 2.45) is 5.92 Å². The van der Waals surface area contributed by atoms with Crippen LogP contribution in [0.4, 0.5) is 0 Å². The summed E-state index contributed by atoms with van der Waals surface area (Å²) < 4.78 is 22.7. The van der Waals surface area contributed by atoms with Crippen molar-refractivity contribution in [3.05, 3.63) is 63.5 Å². The number of hydrogen-bond acceptors (Lipinski definition) is 6. The average molecular weight is 478 g/mol. The lowest BCUT2D eigenvalue weighted by molar-refractivity contribution is -0.139.